The highest BCUT2D eigenvalue weighted by Crippen LogP contribution is 2.25. The normalized spacial score (nSPS) is 14.1. The van der Waals surface area contributed by atoms with Crippen LogP contribution in [-0.2, 0) is 20.7 Å². The number of furan rings is 1. The number of benzene rings is 2. The summed E-state index contributed by atoms with van der Waals surface area (Å²) in [5, 5.41) is 0.975. The number of hydrogen-bond acceptors (Lipinski definition) is 5. The van der Waals surface area contributed by atoms with Crippen molar-refractivity contribution in [1.82, 2.24) is 0 Å². The molecule has 0 bridgehead atoms. The van der Waals surface area contributed by atoms with Crippen LogP contribution in [0.1, 0.15) is 29.0 Å². The molecule has 1 aromatic heterocycles. The molecule has 1 aliphatic heterocycles. The summed E-state index contributed by atoms with van der Waals surface area (Å²) in [7, 11) is 0. The third-order valence-corrected chi connectivity index (χ3v) is 5.00. The van der Waals surface area contributed by atoms with Crippen LogP contribution in [0, 0.1) is 0 Å². The Hall–Kier alpha value is -2.93. The van der Waals surface area contributed by atoms with Crippen LogP contribution in [-0.4, -0.2) is 24.4 Å². The van der Waals surface area contributed by atoms with Crippen molar-refractivity contribution in [2.24, 2.45) is 0 Å². The number of hydrogen-bond donors (Lipinski definition) is 0. The molecule has 4 rings (SSSR count). The number of rotatable bonds is 5. The van der Waals surface area contributed by atoms with E-state index in [1.807, 2.05) is 24.3 Å². The van der Waals surface area contributed by atoms with Crippen LogP contribution in [0.3, 0.4) is 0 Å². The van der Waals surface area contributed by atoms with E-state index in [4.69, 9.17) is 9.15 Å². The van der Waals surface area contributed by atoms with E-state index in [2.05, 4.69) is 15.9 Å². The van der Waals surface area contributed by atoms with Gasteiger partial charge in [-0.25, -0.2) is 4.79 Å². The second-order valence-electron chi connectivity index (χ2n) is 6.45. The highest BCUT2D eigenvalue weighted by atomic mass is 79.9. The maximum Gasteiger partial charge on any atom is 0.338 e. The number of nitrogens with zero attached hydrogens (tertiary/aromatic N) is 1. The van der Waals surface area contributed by atoms with Crippen LogP contribution in [0.15, 0.2) is 57.4 Å². The zero-order valence-corrected chi connectivity index (χ0v) is 16.4. The molecule has 1 fully saturated rings. The highest BCUT2D eigenvalue weighted by molar-refractivity contribution is 9.10. The minimum atomic E-state index is -0.514. The topological polar surface area (TPSA) is 76.8 Å². The first-order valence-electron chi connectivity index (χ1n) is 8.82. The summed E-state index contributed by atoms with van der Waals surface area (Å²) in [4.78, 5) is 37.2. The van der Waals surface area contributed by atoms with E-state index in [1.54, 1.807) is 18.2 Å². The molecule has 0 unspecified atom stereocenters. The Morgan fingerprint density at radius 3 is 2.64 bits per heavy atom. The Morgan fingerprint density at radius 2 is 1.86 bits per heavy atom. The second kappa shape index (κ2) is 7.59. The largest absolute Gasteiger partial charge is 0.462 e. The molecule has 1 aliphatic rings. The monoisotopic (exact) mass is 441 g/mol. The third-order valence-electron chi connectivity index (χ3n) is 4.50. The molecular formula is C21H16BrNO5. The Morgan fingerprint density at radius 1 is 1.07 bits per heavy atom. The van der Waals surface area contributed by atoms with Gasteiger partial charge in [-0.3, -0.25) is 14.5 Å². The van der Waals surface area contributed by atoms with Gasteiger partial charge in [0.2, 0.25) is 11.8 Å². The van der Waals surface area contributed by atoms with Crippen LogP contribution in [0.5, 0.6) is 0 Å². The predicted octanol–water partition coefficient (Wildman–Crippen LogP) is 4.25. The fourth-order valence-electron chi connectivity index (χ4n) is 3.16. The summed E-state index contributed by atoms with van der Waals surface area (Å²) in [6.45, 7) is 0.158. The van der Waals surface area contributed by atoms with E-state index in [-0.39, 0.29) is 31.3 Å². The van der Waals surface area contributed by atoms with Gasteiger partial charge in [0.1, 0.15) is 11.3 Å². The zero-order chi connectivity index (χ0) is 19.7. The number of amides is 2. The molecule has 0 aliphatic carbocycles. The lowest BCUT2D eigenvalue weighted by Crippen LogP contribution is -2.28. The molecule has 3 aromatic rings. The molecule has 0 N–H and O–H groups in total. The number of fused-ring (bicyclic) bond motifs is 1. The number of carbonyl (C=O) groups excluding carboxylic acids is 3. The molecule has 6 nitrogen and oxygen atoms in total. The van der Waals surface area contributed by atoms with Crippen molar-refractivity contribution in [3.63, 3.8) is 0 Å². The van der Waals surface area contributed by atoms with Gasteiger partial charge in [-0.05, 0) is 42.5 Å². The minimum Gasteiger partial charge on any atom is -0.462 e. The summed E-state index contributed by atoms with van der Waals surface area (Å²) in [6, 6.07) is 14.0. The fraction of sp³-hybridized carbons (Fsp3) is 0.190. The maximum atomic E-state index is 12.3. The van der Waals surface area contributed by atoms with Crippen molar-refractivity contribution in [1.29, 1.82) is 0 Å². The van der Waals surface area contributed by atoms with E-state index in [1.165, 1.54) is 6.07 Å². The van der Waals surface area contributed by atoms with Crippen LogP contribution in [0.4, 0.5) is 5.69 Å². The van der Waals surface area contributed by atoms with Gasteiger partial charge in [0, 0.05) is 29.1 Å². The molecule has 1 saturated heterocycles. The van der Waals surface area contributed by atoms with E-state index in [0.717, 1.165) is 26.1 Å². The predicted molar refractivity (Wildman–Crippen MR) is 106 cm³/mol. The molecular weight excluding hydrogens is 426 g/mol. The first kappa shape index (κ1) is 18.4. The van der Waals surface area contributed by atoms with Crippen molar-refractivity contribution < 1.29 is 23.5 Å². The first-order valence-corrected chi connectivity index (χ1v) is 9.61. The van der Waals surface area contributed by atoms with Crippen LogP contribution in [0.2, 0.25) is 0 Å². The van der Waals surface area contributed by atoms with Gasteiger partial charge in [-0.1, -0.05) is 22.0 Å². The molecule has 7 heteroatoms. The average molecular weight is 442 g/mol. The summed E-state index contributed by atoms with van der Waals surface area (Å²) in [5.74, 6) is -0.304. The fourth-order valence-corrected chi connectivity index (χ4v) is 3.54. The number of carbonyl (C=O) groups is 3. The average Bonchev–Trinajstić information content (AvgIpc) is 3.23. The summed E-state index contributed by atoms with van der Waals surface area (Å²) >= 11 is 3.42. The standard InChI is InChI=1S/C21H16BrNO5/c22-15-4-5-18-14(10-15)12-17(28-18)8-9-27-21(26)13-2-1-3-16(11-13)23-19(24)6-7-20(23)25/h1-5,10-12H,6-9H2. The van der Waals surface area contributed by atoms with Crippen LogP contribution < -0.4 is 4.90 Å². The van der Waals surface area contributed by atoms with Gasteiger partial charge in [0.05, 0.1) is 17.9 Å². The van der Waals surface area contributed by atoms with Crippen molar-refractivity contribution in [2.45, 2.75) is 19.3 Å². The summed E-state index contributed by atoms with van der Waals surface area (Å²) < 4.78 is 12.0. The van der Waals surface area contributed by atoms with Crippen molar-refractivity contribution in [3.8, 4) is 0 Å². The van der Waals surface area contributed by atoms with E-state index in [9.17, 15) is 14.4 Å². The van der Waals surface area contributed by atoms with Crippen molar-refractivity contribution >= 4 is 50.4 Å². The second-order valence-corrected chi connectivity index (χ2v) is 7.37. The molecule has 0 atom stereocenters. The number of imide groups is 1. The van der Waals surface area contributed by atoms with Gasteiger partial charge in [0.25, 0.3) is 0 Å². The van der Waals surface area contributed by atoms with E-state index < -0.39 is 5.97 Å². The van der Waals surface area contributed by atoms with Gasteiger partial charge in [0.15, 0.2) is 0 Å². The molecule has 2 heterocycles. The highest BCUT2D eigenvalue weighted by Gasteiger charge is 2.30. The zero-order valence-electron chi connectivity index (χ0n) is 14.8. The Bertz CT molecular complexity index is 1070. The Balaban J connectivity index is 1.40. The minimum absolute atomic E-state index is 0.158. The number of ether oxygens (including phenoxy) is 1. The van der Waals surface area contributed by atoms with Crippen molar-refractivity contribution in [3.05, 3.63) is 64.3 Å². The lowest BCUT2D eigenvalue weighted by molar-refractivity contribution is -0.121. The molecule has 142 valence electrons. The van der Waals surface area contributed by atoms with Gasteiger partial charge < -0.3 is 9.15 Å². The molecule has 28 heavy (non-hydrogen) atoms. The lowest BCUT2D eigenvalue weighted by atomic mass is 10.2. The number of anilines is 1. The lowest BCUT2D eigenvalue weighted by Gasteiger charge is -2.14. The quantitative estimate of drug-likeness (QED) is 0.436. The molecule has 2 aromatic carbocycles. The smallest absolute Gasteiger partial charge is 0.338 e. The molecule has 0 radical (unpaired) electrons. The maximum absolute atomic E-state index is 12.3. The molecule has 2 amide bonds. The van der Waals surface area contributed by atoms with E-state index in [0.29, 0.717) is 17.7 Å². The first-order chi connectivity index (χ1) is 13.5. The Labute approximate surface area is 169 Å². The van der Waals surface area contributed by atoms with Gasteiger partial charge >= 0.3 is 5.97 Å². The molecule has 0 spiro atoms. The SMILES string of the molecule is O=C(OCCc1cc2cc(Br)ccc2o1)c1cccc(N2C(=O)CCC2=O)c1. The number of halogens is 1. The molecule has 0 saturated carbocycles. The van der Waals surface area contributed by atoms with Gasteiger partial charge in [-0.2, -0.15) is 0 Å². The van der Waals surface area contributed by atoms with Crippen LogP contribution >= 0.6 is 15.9 Å². The third kappa shape index (κ3) is 3.71. The Kier molecular flexibility index (Phi) is 5.00. The van der Waals surface area contributed by atoms with E-state index >= 15 is 0 Å². The van der Waals surface area contributed by atoms with Crippen LogP contribution in [0.25, 0.3) is 11.0 Å². The van der Waals surface area contributed by atoms with Gasteiger partial charge in [-0.15, -0.1) is 0 Å². The summed E-state index contributed by atoms with van der Waals surface area (Å²) in [5.41, 5.74) is 1.46. The summed E-state index contributed by atoms with van der Waals surface area (Å²) in [6.07, 6.45) is 0.837. The number of esters is 1. The van der Waals surface area contributed by atoms with Crippen molar-refractivity contribution in [2.75, 3.05) is 11.5 Å².